The molecular weight excluding hydrogens is 256 g/mol. The molecule has 1 aromatic carbocycles. The molecule has 6 heteroatoms. The third-order valence-corrected chi connectivity index (χ3v) is 3.12. The summed E-state index contributed by atoms with van der Waals surface area (Å²) in [6.45, 7) is 3.82. The van der Waals surface area contributed by atoms with Crippen molar-refractivity contribution in [1.29, 1.82) is 5.26 Å². The molecule has 0 spiro atoms. The first kappa shape index (κ1) is 13.6. The number of aromatic nitrogens is 2. The van der Waals surface area contributed by atoms with Crippen molar-refractivity contribution in [3.05, 3.63) is 61.9 Å². The van der Waals surface area contributed by atoms with Gasteiger partial charge in [0.1, 0.15) is 11.6 Å². The molecule has 0 radical (unpaired) electrons. The van der Waals surface area contributed by atoms with Gasteiger partial charge >= 0.3 is 5.69 Å². The molecule has 1 aromatic heterocycles. The third kappa shape index (κ3) is 2.21. The van der Waals surface area contributed by atoms with Crippen LogP contribution in [-0.2, 0) is 7.05 Å². The summed E-state index contributed by atoms with van der Waals surface area (Å²) in [5, 5.41) is 8.93. The van der Waals surface area contributed by atoms with Crippen molar-refractivity contribution in [2.75, 3.05) is 5.43 Å². The van der Waals surface area contributed by atoms with Gasteiger partial charge in [0.2, 0.25) is 0 Å². The molecule has 0 unspecified atom stereocenters. The Balaban J connectivity index is 2.62. The zero-order chi connectivity index (χ0) is 14.9. The van der Waals surface area contributed by atoms with E-state index in [1.165, 1.54) is 13.2 Å². The summed E-state index contributed by atoms with van der Waals surface area (Å²) in [6, 6.07) is 7.52. The van der Waals surface area contributed by atoms with Gasteiger partial charge in [-0.15, -0.1) is 0 Å². The number of benzene rings is 1. The highest BCUT2D eigenvalue weighted by atomic mass is 16.2. The minimum Gasteiger partial charge on any atom is -0.290 e. The van der Waals surface area contributed by atoms with Gasteiger partial charge in [-0.3, -0.25) is 14.8 Å². The zero-order valence-electron chi connectivity index (χ0n) is 11.5. The zero-order valence-corrected chi connectivity index (χ0v) is 11.5. The lowest BCUT2D eigenvalue weighted by Gasteiger charge is -2.15. The van der Waals surface area contributed by atoms with Gasteiger partial charge in [0, 0.05) is 7.05 Å². The monoisotopic (exact) mass is 270 g/mol. The van der Waals surface area contributed by atoms with E-state index in [0.29, 0.717) is 0 Å². The maximum atomic E-state index is 12.0. The van der Waals surface area contributed by atoms with E-state index in [9.17, 15) is 9.59 Å². The van der Waals surface area contributed by atoms with E-state index in [2.05, 4.69) is 5.43 Å². The number of para-hydroxylation sites is 1. The molecule has 0 saturated carbocycles. The molecule has 0 fully saturated rings. The Labute approximate surface area is 115 Å². The lowest BCUT2D eigenvalue weighted by Crippen LogP contribution is -2.41. The molecule has 0 aliphatic rings. The molecule has 102 valence electrons. The highest BCUT2D eigenvalue weighted by Gasteiger charge is 2.10. The molecule has 0 bridgehead atoms. The maximum absolute atomic E-state index is 12.0. The lowest BCUT2D eigenvalue weighted by atomic mass is 10.1. The number of nitrogens with zero attached hydrogens (tertiary/aromatic N) is 3. The number of hydrogen-bond acceptors (Lipinski definition) is 4. The van der Waals surface area contributed by atoms with Gasteiger partial charge in [-0.2, -0.15) is 5.26 Å². The van der Waals surface area contributed by atoms with E-state index >= 15 is 0 Å². The molecule has 0 atom stereocenters. The SMILES string of the molecule is Cc1cccc(C)c1Nn1cc(C#N)c(=O)n(C)c1=O. The minimum atomic E-state index is -0.600. The summed E-state index contributed by atoms with van der Waals surface area (Å²) >= 11 is 0. The van der Waals surface area contributed by atoms with Crippen LogP contribution in [0.4, 0.5) is 5.69 Å². The Kier molecular flexibility index (Phi) is 3.44. The lowest BCUT2D eigenvalue weighted by molar-refractivity contribution is 0.697. The van der Waals surface area contributed by atoms with Crippen LogP contribution in [-0.4, -0.2) is 9.24 Å². The van der Waals surface area contributed by atoms with Crippen molar-refractivity contribution in [3.63, 3.8) is 0 Å². The first-order valence-electron chi connectivity index (χ1n) is 6.01. The first-order valence-corrected chi connectivity index (χ1v) is 6.01. The smallest absolute Gasteiger partial charge is 0.290 e. The van der Waals surface area contributed by atoms with Crippen LogP contribution < -0.4 is 16.7 Å². The Morgan fingerprint density at radius 1 is 1.20 bits per heavy atom. The van der Waals surface area contributed by atoms with Crippen LogP contribution >= 0.6 is 0 Å². The predicted molar refractivity (Wildman–Crippen MR) is 75.6 cm³/mol. The van der Waals surface area contributed by atoms with Crippen molar-refractivity contribution in [2.45, 2.75) is 13.8 Å². The molecule has 0 aliphatic carbocycles. The molecule has 20 heavy (non-hydrogen) atoms. The highest BCUT2D eigenvalue weighted by Crippen LogP contribution is 2.18. The number of anilines is 1. The van der Waals surface area contributed by atoms with Crippen LogP contribution in [0.2, 0.25) is 0 Å². The summed E-state index contributed by atoms with van der Waals surface area (Å²) < 4.78 is 2.05. The van der Waals surface area contributed by atoms with Crippen molar-refractivity contribution in [3.8, 4) is 6.07 Å². The highest BCUT2D eigenvalue weighted by molar-refractivity contribution is 5.56. The molecule has 1 heterocycles. The van der Waals surface area contributed by atoms with Crippen LogP contribution in [0.5, 0.6) is 0 Å². The summed E-state index contributed by atoms with van der Waals surface area (Å²) in [4.78, 5) is 23.7. The number of rotatable bonds is 2. The Morgan fingerprint density at radius 3 is 2.35 bits per heavy atom. The van der Waals surface area contributed by atoms with E-state index in [1.54, 1.807) is 6.07 Å². The van der Waals surface area contributed by atoms with Crippen LogP contribution in [0.25, 0.3) is 0 Å². The van der Waals surface area contributed by atoms with Crippen LogP contribution in [0.15, 0.2) is 34.0 Å². The fraction of sp³-hybridized carbons (Fsp3) is 0.214. The Hall–Kier alpha value is -2.81. The largest absolute Gasteiger partial charge is 0.349 e. The predicted octanol–water partition coefficient (Wildman–Crippen LogP) is 0.911. The normalized spacial score (nSPS) is 10.1. The molecule has 1 N–H and O–H groups in total. The van der Waals surface area contributed by atoms with Crippen molar-refractivity contribution < 1.29 is 0 Å². The molecule has 0 aliphatic heterocycles. The molecule has 2 rings (SSSR count). The molecule has 0 saturated heterocycles. The van der Waals surface area contributed by atoms with Crippen molar-refractivity contribution in [2.24, 2.45) is 7.05 Å². The van der Waals surface area contributed by atoms with Crippen LogP contribution in [0.1, 0.15) is 16.7 Å². The van der Waals surface area contributed by atoms with Gasteiger partial charge in [-0.05, 0) is 25.0 Å². The van der Waals surface area contributed by atoms with E-state index in [1.807, 2.05) is 32.0 Å². The van der Waals surface area contributed by atoms with Crippen LogP contribution in [0, 0.1) is 25.2 Å². The van der Waals surface area contributed by atoms with Gasteiger partial charge in [0.05, 0.1) is 11.9 Å². The number of aryl methyl sites for hydroxylation is 2. The summed E-state index contributed by atoms with van der Waals surface area (Å²) in [6.07, 6.45) is 1.22. The van der Waals surface area contributed by atoms with E-state index < -0.39 is 11.2 Å². The van der Waals surface area contributed by atoms with Gasteiger partial charge < -0.3 is 0 Å². The van der Waals surface area contributed by atoms with Crippen molar-refractivity contribution in [1.82, 2.24) is 9.24 Å². The van der Waals surface area contributed by atoms with Gasteiger partial charge in [0.25, 0.3) is 5.56 Å². The van der Waals surface area contributed by atoms with Gasteiger partial charge in [0.15, 0.2) is 0 Å². The second kappa shape index (κ2) is 5.05. The minimum absolute atomic E-state index is 0.0918. The van der Waals surface area contributed by atoms with Crippen LogP contribution in [0.3, 0.4) is 0 Å². The molecule has 0 amide bonds. The summed E-state index contributed by atoms with van der Waals surface area (Å²) in [5.74, 6) is 0. The summed E-state index contributed by atoms with van der Waals surface area (Å²) in [7, 11) is 1.34. The standard InChI is InChI=1S/C14H14N4O2/c1-9-5-4-6-10(2)12(9)16-18-8-11(7-15)13(19)17(3)14(18)20/h4-6,8,16H,1-3H3. The fourth-order valence-corrected chi connectivity index (χ4v) is 1.94. The second-order valence-electron chi connectivity index (χ2n) is 4.55. The quantitative estimate of drug-likeness (QED) is 0.879. The van der Waals surface area contributed by atoms with Gasteiger partial charge in [-0.25, -0.2) is 9.47 Å². The van der Waals surface area contributed by atoms with E-state index in [4.69, 9.17) is 5.26 Å². The number of hydrogen-bond donors (Lipinski definition) is 1. The topological polar surface area (TPSA) is 79.8 Å². The third-order valence-electron chi connectivity index (χ3n) is 3.12. The van der Waals surface area contributed by atoms with Crippen molar-refractivity contribution >= 4 is 5.69 Å². The first-order chi connectivity index (χ1) is 9.45. The fourth-order valence-electron chi connectivity index (χ4n) is 1.94. The van der Waals surface area contributed by atoms with E-state index in [0.717, 1.165) is 26.1 Å². The maximum Gasteiger partial charge on any atom is 0.349 e. The summed E-state index contributed by atoms with van der Waals surface area (Å²) in [5.41, 5.74) is 4.42. The number of nitriles is 1. The molecule has 6 nitrogen and oxygen atoms in total. The average Bonchev–Trinajstić information content (AvgIpc) is 2.43. The Morgan fingerprint density at radius 2 is 1.80 bits per heavy atom. The van der Waals surface area contributed by atoms with E-state index in [-0.39, 0.29) is 5.56 Å². The number of nitrogens with one attached hydrogen (secondary N) is 1. The average molecular weight is 270 g/mol. The van der Waals surface area contributed by atoms with Gasteiger partial charge in [-0.1, -0.05) is 18.2 Å². The Bertz CT molecular complexity index is 804. The molecule has 2 aromatic rings. The molecular formula is C14H14N4O2. The second-order valence-corrected chi connectivity index (χ2v) is 4.55.